The van der Waals surface area contributed by atoms with Gasteiger partial charge in [0.25, 0.3) is 0 Å². The molecule has 58 valence electrons. The highest BCUT2D eigenvalue weighted by atomic mass is 32.1. The smallest absolute Gasteiger partial charge is 0.190 e. The van der Waals surface area contributed by atoms with Crippen LogP contribution in [0, 0.1) is 0 Å². The Bertz CT molecular complexity index is 273. The van der Waals surface area contributed by atoms with Crippen molar-refractivity contribution in [2.75, 3.05) is 5.73 Å². The van der Waals surface area contributed by atoms with Crippen LogP contribution in [0.3, 0.4) is 0 Å². The molecule has 0 aliphatic carbocycles. The first-order valence-corrected chi connectivity index (χ1v) is 3.69. The Balaban J connectivity index is 2.79. The molecule has 0 radical (unpaired) electrons. The topological polar surface area (TPSA) is 43.1 Å². The van der Waals surface area contributed by atoms with Gasteiger partial charge in [-0.2, -0.15) is 0 Å². The molecule has 1 aromatic rings. The van der Waals surface area contributed by atoms with Crippen LogP contribution in [0.5, 0.6) is 0 Å². The van der Waals surface area contributed by atoms with Crippen molar-refractivity contribution in [3.63, 3.8) is 0 Å². The number of nitrogen functional groups attached to an aromatic ring is 1. The number of hydrogen-bond acceptors (Lipinski definition) is 2. The number of thiol groups is 1. The van der Waals surface area contributed by atoms with Crippen LogP contribution in [0.2, 0.25) is 0 Å². The maximum Gasteiger partial charge on any atom is 0.190 e. The largest absolute Gasteiger partial charge is 0.399 e. The number of nitrogens with two attached hydrogens (primary N) is 1. The summed E-state index contributed by atoms with van der Waals surface area (Å²) in [5, 5.41) is -0.143. The predicted molar refractivity (Wildman–Crippen MR) is 48.6 cm³/mol. The van der Waals surface area contributed by atoms with E-state index in [2.05, 4.69) is 12.6 Å². The van der Waals surface area contributed by atoms with Crippen molar-refractivity contribution in [2.45, 2.75) is 6.42 Å². The molecule has 0 fully saturated rings. The van der Waals surface area contributed by atoms with Gasteiger partial charge in [-0.05, 0) is 17.7 Å². The second kappa shape index (κ2) is 3.44. The Morgan fingerprint density at radius 3 is 2.82 bits per heavy atom. The Hall–Kier alpha value is -0.960. The van der Waals surface area contributed by atoms with E-state index in [9.17, 15) is 4.79 Å². The van der Waals surface area contributed by atoms with Gasteiger partial charge in [-0.1, -0.05) is 12.1 Å². The van der Waals surface area contributed by atoms with Crippen molar-refractivity contribution in [3.05, 3.63) is 29.8 Å². The molecular formula is C8H9NOS. The quantitative estimate of drug-likeness (QED) is 0.514. The summed E-state index contributed by atoms with van der Waals surface area (Å²) >= 11 is 3.66. The minimum Gasteiger partial charge on any atom is -0.399 e. The summed E-state index contributed by atoms with van der Waals surface area (Å²) in [5.74, 6) is 0. The van der Waals surface area contributed by atoms with E-state index in [1.54, 1.807) is 12.1 Å². The Kier molecular flexibility index (Phi) is 2.54. The van der Waals surface area contributed by atoms with E-state index in [-0.39, 0.29) is 5.12 Å². The first-order valence-electron chi connectivity index (χ1n) is 3.24. The normalized spacial score (nSPS) is 9.55. The molecule has 0 aromatic heterocycles. The third-order valence-electron chi connectivity index (χ3n) is 1.31. The molecule has 0 amide bonds. The Labute approximate surface area is 70.8 Å². The summed E-state index contributed by atoms with van der Waals surface area (Å²) in [6.07, 6.45) is 0.341. The third kappa shape index (κ3) is 2.63. The molecule has 2 nitrogen and oxygen atoms in total. The molecule has 2 N–H and O–H groups in total. The average molecular weight is 167 g/mol. The van der Waals surface area contributed by atoms with Crippen molar-refractivity contribution in [3.8, 4) is 0 Å². The molecule has 0 spiro atoms. The van der Waals surface area contributed by atoms with E-state index < -0.39 is 0 Å². The minimum atomic E-state index is -0.143. The summed E-state index contributed by atoms with van der Waals surface area (Å²) in [6.45, 7) is 0. The maximum atomic E-state index is 10.5. The number of carbonyl (C=O) groups is 1. The lowest BCUT2D eigenvalue weighted by Gasteiger charge is -1.97. The summed E-state index contributed by atoms with van der Waals surface area (Å²) in [7, 11) is 0. The molecule has 0 aliphatic heterocycles. The van der Waals surface area contributed by atoms with Gasteiger partial charge in [-0.25, -0.2) is 0 Å². The number of benzene rings is 1. The van der Waals surface area contributed by atoms with E-state index in [0.717, 1.165) is 5.56 Å². The molecular weight excluding hydrogens is 158 g/mol. The fourth-order valence-electron chi connectivity index (χ4n) is 0.878. The van der Waals surface area contributed by atoms with Crippen LogP contribution >= 0.6 is 12.6 Å². The van der Waals surface area contributed by atoms with Crippen LogP contribution in [0.15, 0.2) is 24.3 Å². The summed E-state index contributed by atoms with van der Waals surface area (Å²) in [6, 6.07) is 7.23. The monoisotopic (exact) mass is 167 g/mol. The van der Waals surface area contributed by atoms with E-state index >= 15 is 0 Å². The molecule has 0 aliphatic rings. The third-order valence-corrected chi connectivity index (χ3v) is 1.46. The van der Waals surface area contributed by atoms with Crippen molar-refractivity contribution >= 4 is 23.4 Å². The molecule has 1 aromatic carbocycles. The first-order chi connectivity index (χ1) is 5.18. The standard InChI is InChI=1S/C8H9NOS/c9-7-3-1-2-6(4-7)5-8(10)11/h1-4H,5,9H2,(H,10,11). The van der Waals surface area contributed by atoms with Gasteiger partial charge in [0, 0.05) is 12.1 Å². The highest BCUT2D eigenvalue weighted by molar-refractivity contribution is 7.96. The van der Waals surface area contributed by atoms with Gasteiger partial charge < -0.3 is 5.73 Å². The second-order valence-electron chi connectivity index (χ2n) is 2.32. The van der Waals surface area contributed by atoms with Crippen LogP contribution in [0.25, 0.3) is 0 Å². The highest BCUT2D eigenvalue weighted by Gasteiger charge is 1.97. The highest BCUT2D eigenvalue weighted by Crippen LogP contribution is 2.07. The van der Waals surface area contributed by atoms with Gasteiger partial charge in [-0.3, -0.25) is 4.79 Å². The van der Waals surface area contributed by atoms with E-state index in [1.807, 2.05) is 12.1 Å². The van der Waals surface area contributed by atoms with Gasteiger partial charge >= 0.3 is 0 Å². The lowest BCUT2D eigenvalue weighted by atomic mass is 10.1. The van der Waals surface area contributed by atoms with E-state index in [4.69, 9.17) is 5.73 Å². The molecule has 0 saturated carbocycles. The minimum absolute atomic E-state index is 0.143. The van der Waals surface area contributed by atoms with Crippen LogP contribution in [-0.4, -0.2) is 5.12 Å². The van der Waals surface area contributed by atoms with Gasteiger partial charge in [0.2, 0.25) is 0 Å². The molecule has 0 atom stereocenters. The van der Waals surface area contributed by atoms with Crippen LogP contribution in [-0.2, 0) is 11.2 Å². The number of hydrogen-bond donors (Lipinski definition) is 2. The zero-order valence-corrected chi connectivity index (χ0v) is 6.84. The average Bonchev–Trinajstić information content (AvgIpc) is 1.85. The van der Waals surface area contributed by atoms with Gasteiger partial charge in [0.15, 0.2) is 5.12 Å². The van der Waals surface area contributed by atoms with E-state index in [0.29, 0.717) is 12.1 Å². The second-order valence-corrected chi connectivity index (χ2v) is 2.81. The number of anilines is 1. The van der Waals surface area contributed by atoms with Crippen LogP contribution < -0.4 is 5.73 Å². The molecule has 0 unspecified atom stereocenters. The summed E-state index contributed by atoms with van der Waals surface area (Å²) in [4.78, 5) is 10.5. The van der Waals surface area contributed by atoms with Crippen LogP contribution in [0.4, 0.5) is 5.69 Å². The SMILES string of the molecule is Nc1cccc(CC(=O)S)c1. The zero-order valence-electron chi connectivity index (χ0n) is 5.95. The summed E-state index contributed by atoms with van der Waals surface area (Å²) in [5.41, 5.74) is 7.08. The maximum absolute atomic E-state index is 10.5. The van der Waals surface area contributed by atoms with Crippen LogP contribution in [0.1, 0.15) is 5.56 Å². The lowest BCUT2D eigenvalue weighted by Crippen LogP contribution is -1.94. The lowest BCUT2D eigenvalue weighted by molar-refractivity contribution is -0.110. The van der Waals surface area contributed by atoms with Gasteiger partial charge in [-0.15, -0.1) is 12.6 Å². The van der Waals surface area contributed by atoms with Gasteiger partial charge in [0.1, 0.15) is 0 Å². The number of rotatable bonds is 2. The van der Waals surface area contributed by atoms with E-state index in [1.165, 1.54) is 0 Å². The first kappa shape index (κ1) is 8.14. The van der Waals surface area contributed by atoms with Crippen molar-refractivity contribution in [1.29, 1.82) is 0 Å². The molecule has 0 heterocycles. The fraction of sp³-hybridized carbons (Fsp3) is 0.125. The number of carbonyl (C=O) groups excluding carboxylic acids is 1. The van der Waals surface area contributed by atoms with Crippen molar-refractivity contribution in [1.82, 2.24) is 0 Å². The molecule has 1 rings (SSSR count). The fourth-order valence-corrected chi connectivity index (χ4v) is 1.06. The predicted octanol–water partition coefficient (Wildman–Crippen LogP) is 1.27. The van der Waals surface area contributed by atoms with Crippen molar-refractivity contribution in [2.24, 2.45) is 0 Å². The molecule has 0 saturated heterocycles. The van der Waals surface area contributed by atoms with Crippen molar-refractivity contribution < 1.29 is 4.79 Å². The molecule has 3 heteroatoms. The molecule has 11 heavy (non-hydrogen) atoms. The molecule has 0 bridgehead atoms. The summed E-state index contributed by atoms with van der Waals surface area (Å²) < 4.78 is 0. The Morgan fingerprint density at radius 1 is 1.55 bits per heavy atom. The van der Waals surface area contributed by atoms with Gasteiger partial charge in [0.05, 0.1) is 0 Å². The zero-order chi connectivity index (χ0) is 8.27. The Morgan fingerprint density at radius 2 is 2.27 bits per heavy atom.